The molecule has 0 fully saturated rings. The van der Waals surface area contributed by atoms with Gasteiger partial charge in [-0.1, -0.05) is 26.0 Å². The monoisotopic (exact) mass is 273 g/mol. The predicted molar refractivity (Wildman–Crippen MR) is 81.2 cm³/mol. The third kappa shape index (κ3) is 2.42. The summed E-state index contributed by atoms with van der Waals surface area (Å²) in [6.45, 7) is 10.5. The molecule has 0 amide bonds. The Balaban J connectivity index is 1.88. The molecule has 1 aromatic heterocycles. The molecule has 3 nitrogen and oxygen atoms in total. The first-order valence-corrected chi connectivity index (χ1v) is 7.38. The second-order valence-corrected chi connectivity index (χ2v) is 6.75. The molecular weight excluding hydrogens is 250 g/mol. The zero-order valence-electron chi connectivity index (χ0n) is 12.7. The lowest BCUT2D eigenvalue weighted by atomic mass is 10.0. The molecule has 1 aliphatic heterocycles. The van der Waals surface area contributed by atoms with E-state index in [2.05, 4.69) is 45.1 Å². The van der Waals surface area contributed by atoms with Crippen molar-refractivity contribution in [2.24, 2.45) is 5.92 Å². The highest BCUT2D eigenvalue weighted by atomic mass is 16.5. The largest absolute Gasteiger partial charge is 0.483 e. The van der Waals surface area contributed by atoms with Crippen molar-refractivity contribution in [1.82, 2.24) is 5.32 Å². The number of furan rings is 1. The molecule has 3 rings (SSSR count). The van der Waals surface area contributed by atoms with Crippen LogP contribution in [0.3, 0.4) is 0 Å². The molecule has 2 heterocycles. The summed E-state index contributed by atoms with van der Waals surface area (Å²) in [7, 11) is 0. The van der Waals surface area contributed by atoms with E-state index >= 15 is 0 Å². The van der Waals surface area contributed by atoms with Crippen molar-refractivity contribution in [3.8, 4) is 5.75 Å². The number of nitrogens with one attached hydrogen (secondary N) is 1. The average molecular weight is 273 g/mol. The Bertz CT molecular complexity index is 625. The molecule has 0 spiro atoms. The summed E-state index contributed by atoms with van der Waals surface area (Å²) < 4.78 is 11.8. The maximum absolute atomic E-state index is 6.05. The van der Waals surface area contributed by atoms with E-state index in [4.69, 9.17) is 9.15 Å². The van der Waals surface area contributed by atoms with Gasteiger partial charge < -0.3 is 14.5 Å². The van der Waals surface area contributed by atoms with Crippen LogP contribution in [0.5, 0.6) is 5.75 Å². The predicted octanol–water partition coefficient (Wildman–Crippen LogP) is 3.89. The SMILES string of the molecule is CC(C)CNCc1coc2c3c(ccc12)CC(C)(C)O3. The molecule has 1 aliphatic rings. The van der Waals surface area contributed by atoms with Crippen molar-refractivity contribution in [1.29, 1.82) is 0 Å². The summed E-state index contributed by atoms with van der Waals surface area (Å²) in [5.74, 6) is 1.59. The van der Waals surface area contributed by atoms with Gasteiger partial charge in [-0.3, -0.25) is 0 Å². The van der Waals surface area contributed by atoms with E-state index in [0.717, 1.165) is 36.2 Å². The Labute approximate surface area is 120 Å². The van der Waals surface area contributed by atoms with E-state index in [0.29, 0.717) is 5.92 Å². The number of hydrogen-bond donors (Lipinski definition) is 1. The fourth-order valence-corrected chi connectivity index (χ4v) is 2.82. The Morgan fingerprint density at radius 2 is 2.10 bits per heavy atom. The quantitative estimate of drug-likeness (QED) is 0.917. The Hall–Kier alpha value is -1.48. The average Bonchev–Trinajstić information content (AvgIpc) is 2.88. The molecule has 0 bridgehead atoms. The van der Waals surface area contributed by atoms with Gasteiger partial charge >= 0.3 is 0 Å². The topological polar surface area (TPSA) is 34.4 Å². The Morgan fingerprint density at radius 1 is 1.30 bits per heavy atom. The third-order valence-corrected chi connectivity index (χ3v) is 3.72. The number of hydrogen-bond acceptors (Lipinski definition) is 3. The molecule has 20 heavy (non-hydrogen) atoms. The zero-order chi connectivity index (χ0) is 14.3. The number of fused-ring (bicyclic) bond motifs is 3. The van der Waals surface area contributed by atoms with Crippen LogP contribution in [0.1, 0.15) is 38.8 Å². The molecule has 0 saturated heterocycles. The van der Waals surface area contributed by atoms with Gasteiger partial charge in [0.1, 0.15) is 5.60 Å². The van der Waals surface area contributed by atoms with Gasteiger partial charge in [0, 0.05) is 29.5 Å². The van der Waals surface area contributed by atoms with E-state index in [1.807, 2.05) is 6.26 Å². The highest BCUT2D eigenvalue weighted by Gasteiger charge is 2.32. The molecular formula is C17H23NO2. The van der Waals surface area contributed by atoms with Crippen molar-refractivity contribution < 1.29 is 9.15 Å². The zero-order valence-corrected chi connectivity index (χ0v) is 12.7. The van der Waals surface area contributed by atoms with E-state index in [-0.39, 0.29) is 5.60 Å². The van der Waals surface area contributed by atoms with Gasteiger partial charge in [-0.05, 0) is 26.3 Å². The molecule has 0 atom stereocenters. The Kier molecular flexibility index (Phi) is 3.25. The summed E-state index contributed by atoms with van der Waals surface area (Å²) in [6, 6.07) is 4.34. The van der Waals surface area contributed by atoms with Gasteiger partial charge in [0.05, 0.1) is 6.26 Å². The molecule has 3 heteroatoms. The lowest BCUT2D eigenvalue weighted by Gasteiger charge is -2.16. The minimum absolute atomic E-state index is 0.126. The van der Waals surface area contributed by atoms with Crippen LogP contribution in [-0.4, -0.2) is 12.1 Å². The van der Waals surface area contributed by atoms with Crippen LogP contribution in [0.4, 0.5) is 0 Å². The van der Waals surface area contributed by atoms with Crippen LogP contribution in [0, 0.1) is 5.92 Å². The first-order chi connectivity index (χ1) is 9.46. The summed E-state index contributed by atoms with van der Waals surface area (Å²) in [5.41, 5.74) is 3.23. The number of ether oxygens (including phenoxy) is 1. The van der Waals surface area contributed by atoms with E-state index in [1.54, 1.807) is 0 Å². The van der Waals surface area contributed by atoms with Gasteiger partial charge in [0.2, 0.25) is 0 Å². The lowest BCUT2D eigenvalue weighted by Crippen LogP contribution is -2.24. The molecule has 1 N–H and O–H groups in total. The smallest absolute Gasteiger partial charge is 0.176 e. The second-order valence-electron chi connectivity index (χ2n) is 6.75. The van der Waals surface area contributed by atoms with Crippen molar-refractivity contribution in [2.75, 3.05) is 6.54 Å². The van der Waals surface area contributed by atoms with Crippen LogP contribution in [-0.2, 0) is 13.0 Å². The van der Waals surface area contributed by atoms with Crippen molar-refractivity contribution in [3.05, 3.63) is 29.5 Å². The van der Waals surface area contributed by atoms with Crippen molar-refractivity contribution in [3.63, 3.8) is 0 Å². The van der Waals surface area contributed by atoms with Crippen LogP contribution >= 0.6 is 0 Å². The van der Waals surface area contributed by atoms with Gasteiger partial charge in [-0.15, -0.1) is 0 Å². The van der Waals surface area contributed by atoms with Gasteiger partial charge in [-0.25, -0.2) is 0 Å². The Morgan fingerprint density at radius 3 is 2.85 bits per heavy atom. The lowest BCUT2D eigenvalue weighted by molar-refractivity contribution is 0.139. The maximum atomic E-state index is 6.05. The van der Waals surface area contributed by atoms with Crippen LogP contribution < -0.4 is 10.1 Å². The molecule has 0 saturated carbocycles. The fraction of sp³-hybridized carbons (Fsp3) is 0.529. The minimum Gasteiger partial charge on any atom is -0.483 e. The summed E-state index contributed by atoms with van der Waals surface area (Å²) >= 11 is 0. The molecule has 2 aromatic rings. The number of rotatable bonds is 4. The first kappa shape index (κ1) is 13.5. The fourth-order valence-electron chi connectivity index (χ4n) is 2.82. The van der Waals surface area contributed by atoms with Crippen molar-refractivity contribution >= 4 is 11.0 Å². The standard InChI is InChI=1S/C17H23NO2/c1-11(2)8-18-9-13-10-19-16-14(13)6-5-12-7-17(3,4)20-15(12)16/h5-6,10-11,18H,7-9H2,1-4H3. The summed E-state index contributed by atoms with van der Waals surface area (Å²) in [6.07, 6.45) is 2.80. The number of benzene rings is 1. The highest BCUT2D eigenvalue weighted by Crippen LogP contribution is 2.41. The van der Waals surface area contributed by atoms with E-state index < -0.39 is 0 Å². The second kappa shape index (κ2) is 4.81. The highest BCUT2D eigenvalue weighted by molar-refractivity contribution is 5.88. The van der Waals surface area contributed by atoms with Gasteiger partial charge in [0.15, 0.2) is 11.3 Å². The van der Waals surface area contributed by atoms with E-state index in [1.165, 1.54) is 11.1 Å². The van der Waals surface area contributed by atoms with Crippen LogP contribution in [0.2, 0.25) is 0 Å². The first-order valence-electron chi connectivity index (χ1n) is 7.38. The third-order valence-electron chi connectivity index (χ3n) is 3.72. The molecule has 108 valence electrons. The van der Waals surface area contributed by atoms with E-state index in [9.17, 15) is 0 Å². The van der Waals surface area contributed by atoms with Crippen molar-refractivity contribution in [2.45, 2.75) is 46.3 Å². The minimum atomic E-state index is -0.126. The molecule has 1 aromatic carbocycles. The molecule has 0 unspecified atom stereocenters. The molecule has 0 radical (unpaired) electrons. The van der Waals surface area contributed by atoms with Gasteiger partial charge in [-0.2, -0.15) is 0 Å². The normalized spacial score (nSPS) is 16.6. The maximum Gasteiger partial charge on any atom is 0.176 e. The van der Waals surface area contributed by atoms with Crippen LogP contribution in [0.25, 0.3) is 11.0 Å². The van der Waals surface area contributed by atoms with Crippen LogP contribution in [0.15, 0.2) is 22.8 Å². The van der Waals surface area contributed by atoms with Gasteiger partial charge in [0.25, 0.3) is 0 Å². The summed E-state index contributed by atoms with van der Waals surface area (Å²) in [5, 5.41) is 4.63. The molecule has 0 aliphatic carbocycles. The summed E-state index contributed by atoms with van der Waals surface area (Å²) in [4.78, 5) is 0.